The van der Waals surface area contributed by atoms with Gasteiger partial charge in [-0.25, -0.2) is 4.79 Å². The van der Waals surface area contributed by atoms with Crippen molar-refractivity contribution in [1.82, 2.24) is 10.9 Å². The van der Waals surface area contributed by atoms with E-state index < -0.39 is 36.3 Å². The molecule has 0 spiro atoms. The first-order valence-corrected chi connectivity index (χ1v) is 10.3. The number of carbonyl (C=O) groups is 5. The first kappa shape index (κ1) is 23.5. The van der Waals surface area contributed by atoms with Gasteiger partial charge in [0.15, 0.2) is 6.61 Å². The van der Waals surface area contributed by atoms with E-state index in [0.717, 1.165) is 0 Å². The number of rotatable bonds is 7. The van der Waals surface area contributed by atoms with Gasteiger partial charge in [-0.15, -0.1) is 0 Å². The van der Waals surface area contributed by atoms with Crippen LogP contribution in [0.25, 0.3) is 0 Å². The highest BCUT2D eigenvalue weighted by molar-refractivity contribution is 6.00. The molecule has 10 heteroatoms. The second kappa shape index (κ2) is 10.9. The second-order valence-corrected chi connectivity index (χ2v) is 7.15. The van der Waals surface area contributed by atoms with Crippen LogP contribution in [0.3, 0.4) is 0 Å². The second-order valence-electron chi connectivity index (χ2n) is 7.15. The summed E-state index contributed by atoms with van der Waals surface area (Å²) in [4.78, 5) is 61.6. The van der Waals surface area contributed by atoms with E-state index in [2.05, 4.69) is 10.9 Å². The molecule has 3 rings (SSSR count). The number of hydrazine groups is 1. The summed E-state index contributed by atoms with van der Waals surface area (Å²) in [5.41, 5.74) is 5.63. The molecule has 1 aliphatic heterocycles. The minimum Gasteiger partial charge on any atom is -0.462 e. The maximum atomic E-state index is 12.4. The molecule has 3 amide bonds. The first-order chi connectivity index (χ1) is 15.9. The molecule has 1 aliphatic rings. The summed E-state index contributed by atoms with van der Waals surface area (Å²) < 4.78 is 9.92. The number of nitrogens with one attached hydrogen (secondary N) is 2. The quantitative estimate of drug-likeness (QED) is 0.476. The Labute approximate surface area is 189 Å². The molecule has 2 N–H and O–H groups in total. The molecule has 1 atom stereocenters. The smallest absolute Gasteiger partial charge is 0.338 e. The highest BCUT2D eigenvalue weighted by atomic mass is 16.5. The Kier molecular flexibility index (Phi) is 7.74. The lowest BCUT2D eigenvalue weighted by molar-refractivity contribution is -0.152. The van der Waals surface area contributed by atoms with Gasteiger partial charge in [0.2, 0.25) is 5.91 Å². The van der Waals surface area contributed by atoms with E-state index in [4.69, 9.17) is 9.47 Å². The van der Waals surface area contributed by atoms with Gasteiger partial charge in [0.1, 0.15) is 0 Å². The lowest BCUT2D eigenvalue weighted by Crippen LogP contribution is -2.43. The number of anilines is 1. The Morgan fingerprint density at radius 1 is 0.939 bits per heavy atom. The maximum absolute atomic E-state index is 12.4. The Morgan fingerprint density at radius 2 is 1.64 bits per heavy atom. The Hall–Kier alpha value is -4.21. The van der Waals surface area contributed by atoms with E-state index in [1.54, 1.807) is 61.5 Å². The maximum Gasteiger partial charge on any atom is 0.338 e. The molecule has 10 nitrogen and oxygen atoms in total. The molecule has 2 aromatic carbocycles. The van der Waals surface area contributed by atoms with E-state index in [1.807, 2.05) is 0 Å². The molecule has 0 aliphatic carbocycles. The van der Waals surface area contributed by atoms with Gasteiger partial charge in [-0.3, -0.25) is 30.0 Å². The summed E-state index contributed by atoms with van der Waals surface area (Å²) >= 11 is 0. The Bertz CT molecular complexity index is 1040. The van der Waals surface area contributed by atoms with Crippen molar-refractivity contribution in [2.75, 3.05) is 24.7 Å². The van der Waals surface area contributed by atoms with E-state index in [9.17, 15) is 24.0 Å². The molecular weight excluding hydrogens is 430 g/mol. The fraction of sp³-hybridized carbons (Fsp3) is 0.261. The lowest BCUT2D eigenvalue weighted by Gasteiger charge is -2.17. The lowest BCUT2D eigenvalue weighted by atomic mass is 10.1. The zero-order chi connectivity index (χ0) is 23.8. The van der Waals surface area contributed by atoms with Gasteiger partial charge in [-0.2, -0.15) is 0 Å². The molecule has 1 fully saturated rings. The fourth-order valence-corrected chi connectivity index (χ4v) is 3.19. The fourth-order valence-electron chi connectivity index (χ4n) is 3.19. The molecule has 172 valence electrons. The number of carbonyl (C=O) groups excluding carboxylic acids is 5. The van der Waals surface area contributed by atoms with Crippen molar-refractivity contribution < 1.29 is 33.4 Å². The van der Waals surface area contributed by atoms with Gasteiger partial charge < -0.3 is 14.4 Å². The summed E-state index contributed by atoms with van der Waals surface area (Å²) in [5.74, 6) is -3.41. The predicted molar refractivity (Wildman–Crippen MR) is 116 cm³/mol. The van der Waals surface area contributed by atoms with Crippen LogP contribution >= 0.6 is 0 Å². The van der Waals surface area contributed by atoms with Crippen LogP contribution in [-0.4, -0.2) is 49.4 Å². The summed E-state index contributed by atoms with van der Waals surface area (Å²) in [6, 6.07) is 14.5. The van der Waals surface area contributed by atoms with Gasteiger partial charge in [0, 0.05) is 24.2 Å². The topological polar surface area (TPSA) is 131 Å². The highest BCUT2D eigenvalue weighted by Crippen LogP contribution is 2.26. The summed E-state index contributed by atoms with van der Waals surface area (Å²) in [6.45, 7) is 1.45. The van der Waals surface area contributed by atoms with Crippen molar-refractivity contribution in [1.29, 1.82) is 0 Å². The molecule has 0 bridgehead atoms. The molecule has 0 unspecified atom stereocenters. The van der Waals surface area contributed by atoms with Crippen molar-refractivity contribution in [2.45, 2.75) is 13.3 Å². The standard InChI is InChI=1S/C23H23N3O7/c1-2-32-22(30)16-8-10-18(11-9-16)26-13-17(12-20(26)28)23(31)33-14-19(27)24-25-21(29)15-6-4-3-5-7-15/h3-11,17H,2,12-14H2,1H3,(H,24,27)(H,25,29)/t17-/m0/s1. The van der Waals surface area contributed by atoms with E-state index >= 15 is 0 Å². The molecule has 1 saturated heterocycles. The van der Waals surface area contributed by atoms with Gasteiger partial charge in [0.25, 0.3) is 11.8 Å². The number of ether oxygens (including phenoxy) is 2. The summed E-state index contributed by atoms with van der Waals surface area (Å²) in [6.07, 6.45) is -0.0647. The monoisotopic (exact) mass is 453 g/mol. The minimum atomic E-state index is -0.742. The average molecular weight is 453 g/mol. The molecular formula is C23H23N3O7. The Balaban J connectivity index is 1.46. The molecule has 0 radical (unpaired) electrons. The van der Waals surface area contributed by atoms with Crippen molar-refractivity contribution in [2.24, 2.45) is 5.92 Å². The molecule has 0 aromatic heterocycles. The van der Waals surface area contributed by atoms with Crippen LogP contribution in [0.15, 0.2) is 54.6 Å². The van der Waals surface area contributed by atoms with Crippen molar-refractivity contribution in [3.8, 4) is 0 Å². The first-order valence-electron chi connectivity index (χ1n) is 10.3. The minimum absolute atomic E-state index is 0.0647. The molecule has 33 heavy (non-hydrogen) atoms. The van der Waals surface area contributed by atoms with Crippen molar-refractivity contribution in [3.05, 3.63) is 65.7 Å². The number of esters is 2. The predicted octanol–water partition coefficient (Wildman–Crippen LogP) is 1.22. The number of benzene rings is 2. The molecule has 2 aromatic rings. The van der Waals surface area contributed by atoms with Gasteiger partial charge >= 0.3 is 11.9 Å². The third kappa shape index (κ3) is 6.16. The normalized spacial score (nSPS) is 15.0. The van der Waals surface area contributed by atoms with Crippen LogP contribution in [-0.2, 0) is 23.9 Å². The van der Waals surface area contributed by atoms with Crippen LogP contribution in [0.1, 0.15) is 34.1 Å². The third-order valence-electron chi connectivity index (χ3n) is 4.85. The SMILES string of the molecule is CCOC(=O)c1ccc(N2C[C@@H](C(=O)OCC(=O)NNC(=O)c3ccccc3)CC2=O)cc1. The van der Waals surface area contributed by atoms with E-state index in [1.165, 1.54) is 4.90 Å². The van der Waals surface area contributed by atoms with Crippen molar-refractivity contribution >= 4 is 35.3 Å². The Morgan fingerprint density at radius 3 is 2.30 bits per heavy atom. The number of hydrogen-bond acceptors (Lipinski definition) is 7. The molecule has 1 heterocycles. The van der Waals surface area contributed by atoms with Crippen LogP contribution in [0.4, 0.5) is 5.69 Å². The zero-order valence-electron chi connectivity index (χ0n) is 17.9. The largest absolute Gasteiger partial charge is 0.462 e. The molecule has 0 saturated carbocycles. The zero-order valence-corrected chi connectivity index (χ0v) is 17.9. The third-order valence-corrected chi connectivity index (χ3v) is 4.85. The van der Waals surface area contributed by atoms with Crippen LogP contribution in [0.5, 0.6) is 0 Å². The average Bonchev–Trinajstić information content (AvgIpc) is 3.23. The summed E-state index contributed by atoms with van der Waals surface area (Å²) in [7, 11) is 0. The van der Waals surface area contributed by atoms with E-state index in [0.29, 0.717) is 16.8 Å². The number of amides is 3. The van der Waals surface area contributed by atoms with Gasteiger partial charge in [0.05, 0.1) is 18.1 Å². The summed E-state index contributed by atoms with van der Waals surface area (Å²) in [5, 5.41) is 0. The van der Waals surface area contributed by atoms with Crippen LogP contribution in [0, 0.1) is 5.92 Å². The van der Waals surface area contributed by atoms with Crippen molar-refractivity contribution in [3.63, 3.8) is 0 Å². The number of hydrogen-bond donors (Lipinski definition) is 2. The number of nitrogens with zero attached hydrogens (tertiary/aromatic N) is 1. The van der Waals surface area contributed by atoms with Gasteiger partial charge in [-0.05, 0) is 43.3 Å². The highest BCUT2D eigenvalue weighted by Gasteiger charge is 2.36. The van der Waals surface area contributed by atoms with Crippen LogP contribution < -0.4 is 15.8 Å². The van der Waals surface area contributed by atoms with Gasteiger partial charge in [-0.1, -0.05) is 18.2 Å². The van der Waals surface area contributed by atoms with Crippen LogP contribution in [0.2, 0.25) is 0 Å². The van der Waals surface area contributed by atoms with E-state index in [-0.39, 0.29) is 25.5 Å².